The fourth-order valence-electron chi connectivity index (χ4n) is 2.28. The summed E-state index contributed by atoms with van der Waals surface area (Å²) in [6, 6.07) is 5.27. The van der Waals surface area contributed by atoms with E-state index in [1.165, 1.54) is 12.8 Å². The Morgan fingerprint density at radius 1 is 1.44 bits per heavy atom. The molecule has 1 heterocycles. The van der Waals surface area contributed by atoms with Gasteiger partial charge in [-0.1, -0.05) is 11.6 Å². The van der Waals surface area contributed by atoms with Gasteiger partial charge in [0.15, 0.2) is 0 Å². The van der Waals surface area contributed by atoms with Gasteiger partial charge in [0.05, 0.1) is 0 Å². The zero-order chi connectivity index (χ0) is 11.4. The van der Waals surface area contributed by atoms with Gasteiger partial charge in [-0.15, -0.1) is 0 Å². The van der Waals surface area contributed by atoms with E-state index in [1.807, 2.05) is 6.07 Å². The Hall–Kier alpha value is -0.730. The molecule has 1 atom stereocenters. The Morgan fingerprint density at radius 2 is 2.31 bits per heavy atom. The molecule has 0 spiro atoms. The van der Waals surface area contributed by atoms with Crippen LogP contribution in [0.3, 0.4) is 0 Å². The molecule has 0 bridgehead atoms. The lowest BCUT2D eigenvalue weighted by Gasteiger charge is -2.22. The van der Waals surface area contributed by atoms with Crippen LogP contribution in [-0.2, 0) is 6.42 Å². The first-order valence-corrected chi connectivity index (χ1v) is 6.31. The Balaban J connectivity index is 1.90. The van der Waals surface area contributed by atoms with Crippen LogP contribution in [0, 0.1) is 5.92 Å². The largest absolute Gasteiger partial charge is 0.508 e. The van der Waals surface area contributed by atoms with Crippen LogP contribution in [0.5, 0.6) is 5.75 Å². The van der Waals surface area contributed by atoms with Crippen molar-refractivity contribution in [3.63, 3.8) is 0 Å². The molecule has 1 aliphatic heterocycles. The average molecular weight is 240 g/mol. The molecule has 0 amide bonds. The van der Waals surface area contributed by atoms with Crippen LogP contribution >= 0.6 is 11.6 Å². The minimum Gasteiger partial charge on any atom is -0.508 e. The average Bonchev–Trinajstić information content (AvgIpc) is 2.32. The Kier molecular flexibility index (Phi) is 4.08. The monoisotopic (exact) mass is 239 g/mol. The molecule has 1 saturated heterocycles. The maximum atomic E-state index is 9.69. The van der Waals surface area contributed by atoms with Gasteiger partial charge in [-0.25, -0.2) is 0 Å². The summed E-state index contributed by atoms with van der Waals surface area (Å²) in [7, 11) is 0. The number of aromatic hydroxyl groups is 1. The topological polar surface area (TPSA) is 32.3 Å². The van der Waals surface area contributed by atoms with Gasteiger partial charge in [0.2, 0.25) is 0 Å². The maximum absolute atomic E-state index is 9.69. The third kappa shape index (κ3) is 3.13. The quantitative estimate of drug-likeness (QED) is 0.850. The molecular formula is C13H18ClNO. The molecule has 1 unspecified atom stereocenters. The van der Waals surface area contributed by atoms with Gasteiger partial charge >= 0.3 is 0 Å². The van der Waals surface area contributed by atoms with Gasteiger partial charge in [-0.05, 0) is 68.5 Å². The molecule has 0 saturated carbocycles. The van der Waals surface area contributed by atoms with E-state index in [0.717, 1.165) is 37.4 Å². The smallest absolute Gasteiger partial charge is 0.118 e. The molecule has 0 aliphatic carbocycles. The third-order valence-corrected chi connectivity index (χ3v) is 3.50. The highest BCUT2D eigenvalue weighted by molar-refractivity contribution is 6.30. The minimum absolute atomic E-state index is 0.369. The molecule has 1 fully saturated rings. The predicted molar refractivity (Wildman–Crippen MR) is 67.0 cm³/mol. The highest BCUT2D eigenvalue weighted by Gasteiger charge is 2.13. The number of phenols is 1. The fraction of sp³-hybridized carbons (Fsp3) is 0.538. The van der Waals surface area contributed by atoms with E-state index < -0.39 is 0 Å². The van der Waals surface area contributed by atoms with Gasteiger partial charge < -0.3 is 10.4 Å². The summed E-state index contributed by atoms with van der Waals surface area (Å²) in [5, 5.41) is 13.8. The van der Waals surface area contributed by atoms with E-state index in [9.17, 15) is 5.11 Å². The van der Waals surface area contributed by atoms with Gasteiger partial charge in [0.1, 0.15) is 5.75 Å². The maximum Gasteiger partial charge on any atom is 0.118 e. The van der Waals surface area contributed by atoms with E-state index in [2.05, 4.69) is 5.32 Å². The molecular weight excluding hydrogens is 222 g/mol. The van der Waals surface area contributed by atoms with Crippen molar-refractivity contribution in [2.24, 2.45) is 5.92 Å². The SMILES string of the molecule is Oc1ccc(Cl)cc1CCC1CCCNC1. The van der Waals surface area contributed by atoms with Crippen molar-refractivity contribution in [2.45, 2.75) is 25.7 Å². The Bertz CT molecular complexity index is 348. The standard InChI is InChI=1S/C13H18ClNO/c14-12-5-6-13(16)11(8-12)4-3-10-2-1-7-15-9-10/h5-6,8,10,15-16H,1-4,7,9H2. The molecule has 1 aliphatic rings. The number of aryl methyl sites for hydroxylation is 1. The van der Waals surface area contributed by atoms with Gasteiger partial charge in [0.25, 0.3) is 0 Å². The summed E-state index contributed by atoms with van der Waals surface area (Å²) in [5.41, 5.74) is 0.970. The number of halogens is 1. The molecule has 0 radical (unpaired) electrons. The van der Waals surface area contributed by atoms with Crippen molar-refractivity contribution >= 4 is 11.6 Å². The molecule has 2 nitrogen and oxygen atoms in total. The van der Waals surface area contributed by atoms with Crippen molar-refractivity contribution < 1.29 is 5.11 Å². The summed E-state index contributed by atoms with van der Waals surface area (Å²) in [6.45, 7) is 2.26. The summed E-state index contributed by atoms with van der Waals surface area (Å²) < 4.78 is 0. The number of nitrogens with one attached hydrogen (secondary N) is 1. The van der Waals surface area contributed by atoms with Crippen molar-refractivity contribution in [2.75, 3.05) is 13.1 Å². The predicted octanol–water partition coefficient (Wildman–Crippen LogP) is 2.98. The first-order chi connectivity index (χ1) is 7.75. The summed E-state index contributed by atoms with van der Waals surface area (Å²) >= 11 is 5.91. The second kappa shape index (κ2) is 5.55. The van der Waals surface area contributed by atoms with E-state index in [0.29, 0.717) is 10.8 Å². The first kappa shape index (κ1) is 11.7. The van der Waals surface area contributed by atoms with Gasteiger partial charge in [-0.3, -0.25) is 0 Å². The Morgan fingerprint density at radius 3 is 3.06 bits per heavy atom. The lowest BCUT2D eigenvalue weighted by molar-refractivity contribution is 0.356. The van der Waals surface area contributed by atoms with Crippen LogP contribution in [0.1, 0.15) is 24.8 Å². The molecule has 16 heavy (non-hydrogen) atoms. The molecule has 88 valence electrons. The van der Waals surface area contributed by atoms with E-state index in [4.69, 9.17) is 11.6 Å². The molecule has 2 N–H and O–H groups in total. The number of hydrogen-bond acceptors (Lipinski definition) is 2. The van der Waals surface area contributed by atoms with E-state index in [-0.39, 0.29) is 0 Å². The third-order valence-electron chi connectivity index (χ3n) is 3.26. The van der Waals surface area contributed by atoms with Crippen LogP contribution in [0.2, 0.25) is 5.02 Å². The molecule has 2 rings (SSSR count). The summed E-state index contributed by atoms with van der Waals surface area (Å²) in [5.74, 6) is 1.11. The summed E-state index contributed by atoms with van der Waals surface area (Å²) in [6.07, 6.45) is 4.61. The normalized spacial score (nSPS) is 20.9. The van der Waals surface area contributed by atoms with Crippen LogP contribution in [0.25, 0.3) is 0 Å². The van der Waals surface area contributed by atoms with Crippen molar-refractivity contribution in [1.82, 2.24) is 5.32 Å². The van der Waals surface area contributed by atoms with Crippen LogP contribution in [0.4, 0.5) is 0 Å². The zero-order valence-electron chi connectivity index (χ0n) is 9.38. The Labute approximate surface area is 102 Å². The van der Waals surface area contributed by atoms with E-state index in [1.54, 1.807) is 12.1 Å². The minimum atomic E-state index is 0.369. The van der Waals surface area contributed by atoms with E-state index >= 15 is 0 Å². The number of phenolic OH excluding ortho intramolecular Hbond substituents is 1. The number of hydrogen-bond donors (Lipinski definition) is 2. The highest BCUT2D eigenvalue weighted by atomic mass is 35.5. The van der Waals surface area contributed by atoms with Crippen molar-refractivity contribution in [3.8, 4) is 5.75 Å². The van der Waals surface area contributed by atoms with Crippen LogP contribution < -0.4 is 5.32 Å². The molecule has 0 aromatic heterocycles. The number of rotatable bonds is 3. The zero-order valence-corrected chi connectivity index (χ0v) is 10.1. The first-order valence-electron chi connectivity index (χ1n) is 5.94. The van der Waals surface area contributed by atoms with Crippen LogP contribution in [-0.4, -0.2) is 18.2 Å². The van der Waals surface area contributed by atoms with Crippen molar-refractivity contribution in [3.05, 3.63) is 28.8 Å². The second-order valence-corrected chi connectivity index (χ2v) is 4.96. The highest BCUT2D eigenvalue weighted by Crippen LogP contribution is 2.25. The second-order valence-electron chi connectivity index (χ2n) is 4.52. The number of benzene rings is 1. The summed E-state index contributed by atoms with van der Waals surface area (Å²) in [4.78, 5) is 0. The lowest BCUT2D eigenvalue weighted by atomic mass is 9.92. The lowest BCUT2D eigenvalue weighted by Crippen LogP contribution is -2.29. The fourth-order valence-corrected chi connectivity index (χ4v) is 2.48. The van der Waals surface area contributed by atoms with Crippen LogP contribution in [0.15, 0.2) is 18.2 Å². The van der Waals surface area contributed by atoms with Crippen molar-refractivity contribution in [1.29, 1.82) is 0 Å². The van der Waals surface area contributed by atoms with Gasteiger partial charge in [0, 0.05) is 5.02 Å². The molecule has 3 heteroatoms. The number of piperidine rings is 1. The van der Waals surface area contributed by atoms with Gasteiger partial charge in [-0.2, -0.15) is 0 Å². The molecule has 1 aromatic rings. The molecule has 1 aromatic carbocycles.